The van der Waals surface area contributed by atoms with Gasteiger partial charge >= 0.3 is 5.97 Å². The van der Waals surface area contributed by atoms with Gasteiger partial charge in [0.25, 0.3) is 0 Å². The van der Waals surface area contributed by atoms with Crippen LogP contribution in [0.5, 0.6) is 0 Å². The number of terminal acetylenes is 1. The standard InChI is InChI=1S/C12H20O2/c1-4-6-8-10(3)9-11(7-5-2)12(13)14/h2,10-11H,4,6-9H2,1,3H3,(H,13,14). The summed E-state index contributed by atoms with van der Waals surface area (Å²) in [6, 6.07) is 0. The monoisotopic (exact) mass is 196 g/mol. The fourth-order valence-electron chi connectivity index (χ4n) is 1.57. The van der Waals surface area contributed by atoms with Gasteiger partial charge in [0.2, 0.25) is 0 Å². The Balaban J connectivity index is 3.90. The Labute approximate surface area is 86.7 Å². The number of hydrogen-bond acceptors (Lipinski definition) is 1. The lowest BCUT2D eigenvalue weighted by Crippen LogP contribution is -2.16. The second kappa shape index (κ2) is 7.44. The molecule has 2 heteroatoms. The molecule has 0 aliphatic carbocycles. The molecule has 2 atom stereocenters. The number of hydrogen-bond donors (Lipinski definition) is 1. The minimum atomic E-state index is -0.758. The first-order valence-electron chi connectivity index (χ1n) is 5.28. The smallest absolute Gasteiger partial charge is 0.307 e. The summed E-state index contributed by atoms with van der Waals surface area (Å²) in [6.07, 6.45) is 9.63. The van der Waals surface area contributed by atoms with Crippen LogP contribution in [0.3, 0.4) is 0 Å². The predicted octanol–water partition coefficient (Wildman–Crippen LogP) is 2.93. The summed E-state index contributed by atoms with van der Waals surface area (Å²) in [5, 5.41) is 8.88. The van der Waals surface area contributed by atoms with E-state index in [-0.39, 0.29) is 5.92 Å². The predicted molar refractivity (Wildman–Crippen MR) is 57.9 cm³/mol. The lowest BCUT2D eigenvalue weighted by atomic mass is 9.90. The van der Waals surface area contributed by atoms with Crippen molar-refractivity contribution in [1.82, 2.24) is 0 Å². The maximum absolute atomic E-state index is 10.8. The van der Waals surface area contributed by atoms with Crippen LogP contribution in [-0.2, 0) is 4.79 Å². The summed E-state index contributed by atoms with van der Waals surface area (Å²) in [7, 11) is 0. The van der Waals surface area contributed by atoms with Crippen molar-refractivity contribution in [3.05, 3.63) is 0 Å². The Bertz CT molecular complexity index is 203. The van der Waals surface area contributed by atoms with E-state index in [0.29, 0.717) is 18.8 Å². The molecular weight excluding hydrogens is 176 g/mol. The summed E-state index contributed by atoms with van der Waals surface area (Å²) >= 11 is 0. The number of aliphatic carboxylic acids is 1. The molecule has 0 aromatic carbocycles. The number of carboxylic acids is 1. The largest absolute Gasteiger partial charge is 0.481 e. The first kappa shape index (κ1) is 13.0. The molecule has 1 N–H and O–H groups in total. The number of rotatable bonds is 7. The molecule has 0 aromatic heterocycles. The zero-order valence-electron chi connectivity index (χ0n) is 9.12. The SMILES string of the molecule is C#CCC(CC(C)CCCC)C(=O)O. The quantitative estimate of drug-likeness (QED) is 0.636. The topological polar surface area (TPSA) is 37.3 Å². The minimum absolute atomic E-state index is 0.353. The average Bonchev–Trinajstić information content (AvgIpc) is 2.14. The molecule has 0 aliphatic rings. The van der Waals surface area contributed by atoms with Gasteiger partial charge in [-0.3, -0.25) is 4.79 Å². The van der Waals surface area contributed by atoms with Crippen molar-refractivity contribution < 1.29 is 9.90 Å². The second-order valence-corrected chi connectivity index (χ2v) is 3.93. The molecule has 0 amide bonds. The Kier molecular flexibility index (Phi) is 6.92. The minimum Gasteiger partial charge on any atom is -0.481 e. The summed E-state index contributed by atoms with van der Waals surface area (Å²) in [4.78, 5) is 10.8. The Hall–Kier alpha value is -0.970. The van der Waals surface area contributed by atoms with Crippen LogP contribution in [-0.4, -0.2) is 11.1 Å². The third kappa shape index (κ3) is 5.64. The number of carbonyl (C=O) groups is 1. The molecule has 0 bridgehead atoms. The molecule has 0 saturated carbocycles. The molecule has 2 nitrogen and oxygen atoms in total. The summed E-state index contributed by atoms with van der Waals surface area (Å²) in [6.45, 7) is 4.24. The van der Waals surface area contributed by atoms with Gasteiger partial charge in [-0.25, -0.2) is 0 Å². The first-order chi connectivity index (χ1) is 6.61. The van der Waals surface area contributed by atoms with Gasteiger partial charge in [0, 0.05) is 6.42 Å². The lowest BCUT2D eigenvalue weighted by Gasteiger charge is -2.15. The van der Waals surface area contributed by atoms with Crippen LogP contribution in [0.25, 0.3) is 0 Å². The fourth-order valence-corrected chi connectivity index (χ4v) is 1.57. The number of carboxylic acid groups (broad SMARTS) is 1. The van der Waals surface area contributed by atoms with Gasteiger partial charge in [-0.2, -0.15) is 0 Å². The molecule has 2 unspecified atom stereocenters. The molecule has 0 radical (unpaired) electrons. The highest BCUT2D eigenvalue weighted by molar-refractivity contribution is 5.70. The normalized spacial score (nSPS) is 14.4. The molecule has 0 aliphatic heterocycles. The highest BCUT2D eigenvalue weighted by Crippen LogP contribution is 2.20. The van der Waals surface area contributed by atoms with E-state index in [1.54, 1.807) is 0 Å². The molecule has 0 spiro atoms. The van der Waals surface area contributed by atoms with E-state index in [2.05, 4.69) is 19.8 Å². The molecule has 14 heavy (non-hydrogen) atoms. The van der Waals surface area contributed by atoms with Gasteiger partial charge in [-0.1, -0.05) is 33.1 Å². The van der Waals surface area contributed by atoms with Crippen molar-refractivity contribution in [3.8, 4) is 12.3 Å². The molecular formula is C12H20O2. The average molecular weight is 196 g/mol. The second-order valence-electron chi connectivity index (χ2n) is 3.93. The molecule has 80 valence electrons. The van der Waals surface area contributed by atoms with E-state index in [0.717, 1.165) is 12.8 Å². The third-order valence-electron chi connectivity index (χ3n) is 2.45. The maximum Gasteiger partial charge on any atom is 0.307 e. The van der Waals surface area contributed by atoms with Crippen molar-refractivity contribution in [3.63, 3.8) is 0 Å². The molecule has 0 heterocycles. The van der Waals surface area contributed by atoms with Crippen LogP contribution in [0, 0.1) is 24.2 Å². The fraction of sp³-hybridized carbons (Fsp3) is 0.750. The highest BCUT2D eigenvalue weighted by atomic mass is 16.4. The molecule has 0 aromatic rings. The van der Waals surface area contributed by atoms with Crippen LogP contribution >= 0.6 is 0 Å². The molecule has 0 fully saturated rings. The first-order valence-corrected chi connectivity index (χ1v) is 5.28. The molecule has 0 saturated heterocycles. The van der Waals surface area contributed by atoms with Gasteiger partial charge in [0.15, 0.2) is 0 Å². The van der Waals surface area contributed by atoms with Crippen molar-refractivity contribution in [2.24, 2.45) is 11.8 Å². The van der Waals surface area contributed by atoms with E-state index in [1.807, 2.05) is 0 Å². The Morgan fingerprint density at radius 2 is 2.21 bits per heavy atom. The van der Waals surface area contributed by atoms with Crippen molar-refractivity contribution >= 4 is 5.97 Å². The number of unbranched alkanes of at least 4 members (excludes halogenated alkanes) is 1. The van der Waals surface area contributed by atoms with Crippen LogP contribution < -0.4 is 0 Å². The van der Waals surface area contributed by atoms with Crippen molar-refractivity contribution in [1.29, 1.82) is 0 Å². The molecule has 0 rings (SSSR count). The maximum atomic E-state index is 10.8. The zero-order valence-corrected chi connectivity index (χ0v) is 9.12. The van der Waals surface area contributed by atoms with Crippen LogP contribution in [0.1, 0.15) is 46.0 Å². The summed E-state index contributed by atoms with van der Waals surface area (Å²) in [5.41, 5.74) is 0. The van der Waals surface area contributed by atoms with Gasteiger partial charge in [-0.15, -0.1) is 12.3 Å². The van der Waals surface area contributed by atoms with Crippen LogP contribution in [0.4, 0.5) is 0 Å². The van der Waals surface area contributed by atoms with E-state index in [9.17, 15) is 4.79 Å². The lowest BCUT2D eigenvalue weighted by molar-refractivity contribution is -0.142. The van der Waals surface area contributed by atoms with Gasteiger partial charge in [0.1, 0.15) is 0 Å². The zero-order chi connectivity index (χ0) is 11.0. The van der Waals surface area contributed by atoms with E-state index >= 15 is 0 Å². The highest BCUT2D eigenvalue weighted by Gasteiger charge is 2.18. The van der Waals surface area contributed by atoms with E-state index in [1.165, 1.54) is 6.42 Å². The Morgan fingerprint density at radius 3 is 2.64 bits per heavy atom. The van der Waals surface area contributed by atoms with Crippen LogP contribution in [0.15, 0.2) is 0 Å². The van der Waals surface area contributed by atoms with E-state index in [4.69, 9.17) is 11.5 Å². The summed E-state index contributed by atoms with van der Waals surface area (Å²) in [5.74, 6) is 1.78. The van der Waals surface area contributed by atoms with Gasteiger partial charge in [-0.05, 0) is 12.3 Å². The van der Waals surface area contributed by atoms with Gasteiger partial charge < -0.3 is 5.11 Å². The summed E-state index contributed by atoms with van der Waals surface area (Å²) < 4.78 is 0. The third-order valence-corrected chi connectivity index (χ3v) is 2.45. The van der Waals surface area contributed by atoms with Crippen molar-refractivity contribution in [2.75, 3.05) is 0 Å². The Morgan fingerprint density at radius 1 is 1.57 bits per heavy atom. The van der Waals surface area contributed by atoms with Gasteiger partial charge in [0.05, 0.1) is 5.92 Å². The van der Waals surface area contributed by atoms with Crippen molar-refractivity contribution in [2.45, 2.75) is 46.0 Å². The van der Waals surface area contributed by atoms with E-state index < -0.39 is 5.97 Å². The van der Waals surface area contributed by atoms with Crippen LogP contribution in [0.2, 0.25) is 0 Å².